The fourth-order valence-electron chi connectivity index (χ4n) is 6.77. The molecule has 0 spiro atoms. The lowest BCUT2D eigenvalue weighted by atomic mass is 10.0. The Labute approximate surface area is 778 Å². The Kier molecular flexibility index (Phi) is 65.0. The van der Waals surface area contributed by atoms with E-state index in [0.29, 0.717) is 54.1 Å². The van der Waals surface area contributed by atoms with Crippen LogP contribution in [0.5, 0.6) is 0 Å². The number of benzene rings is 6. The Morgan fingerprint density at radius 3 is 0.912 bits per heavy atom. The maximum absolute atomic E-state index is 5.12. The van der Waals surface area contributed by atoms with Crippen molar-refractivity contribution in [2.24, 2.45) is 54.1 Å². The predicted molar refractivity (Wildman–Crippen MR) is 574 cm³/mol. The molecular formula is C116H177N3O3S3. The molecule has 6 nitrogen and oxygen atoms in total. The summed E-state index contributed by atoms with van der Waals surface area (Å²) in [6.07, 6.45) is 27.4. The molecule has 1 aliphatic rings. The van der Waals surface area contributed by atoms with Gasteiger partial charge in [-0.2, -0.15) is 22.7 Å². The van der Waals surface area contributed by atoms with Crippen molar-refractivity contribution >= 4 is 98.3 Å². The number of hydrogen-bond acceptors (Lipinski definition) is 7. The van der Waals surface area contributed by atoms with Crippen LogP contribution >= 0.6 is 34.0 Å². The first-order valence-electron chi connectivity index (χ1n) is 44.1. The number of para-hydroxylation sites is 2. The summed E-state index contributed by atoms with van der Waals surface area (Å²) in [6, 6.07) is 68.8. The first-order chi connectivity index (χ1) is 57.3. The van der Waals surface area contributed by atoms with Gasteiger partial charge in [-0.1, -0.05) is 447 Å². The monoisotopic (exact) mass is 1760 g/mol. The molecule has 0 unspecified atom stereocenters. The molecule has 0 amide bonds. The molecule has 692 valence electrons. The number of allylic oxidation sites excluding steroid dienone is 4. The maximum Gasteiger partial charge on any atom is 0.133 e. The summed E-state index contributed by atoms with van der Waals surface area (Å²) in [4.78, 5) is 9.94. The van der Waals surface area contributed by atoms with Crippen LogP contribution in [0.4, 0.5) is 0 Å². The van der Waals surface area contributed by atoms with Crippen LogP contribution in [0.15, 0.2) is 333 Å². The second kappa shape index (κ2) is 66.4. The smallest absolute Gasteiger partial charge is 0.133 e. The zero-order valence-electron chi connectivity index (χ0n) is 86.2. The van der Waals surface area contributed by atoms with Crippen molar-refractivity contribution in [2.75, 3.05) is 0 Å². The van der Waals surface area contributed by atoms with Crippen LogP contribution in [0, 0.1) is 54.1 Å². The summed E-state index contributed by atoms with van der Waals surface area (Å²) in [5.74, 6) is 0. The number of rotatable bonds is 0. The van der Waals surface area contributed by atoms with Crippen molar-refractivity contribution in [1.29, 1.82) is 0 Å². The third-order valence-corrected chi connectivity index (χ3v) is 12.8. The third kappa shape index (κ3) is 113. The highest BCUT2D eigenvalue weighted by Gasteiger charge is 2.02. The number of aromatic amines is 2. The minimum absolute atomic E-state index is 0.500. The molecule has 0 saturated carbocycles. The molecule has 9 heteroatoms. The number of fused-ring (bicyclic) bond motifs is 6. The van der Waals surface area contributed by atoms with Crippen molar-refractivity contribution in [2.45, 2.75) is 283 Å². The number of pyridine rings is 1. The Balaban J connectivity index is -0.000000621. The number of thiophene rings is 3. The third-order valence-electron chi connectivity index (χ3n) is 10.5. The summed E-state index contributed by atoms with van der Waals surface area (Å²) < 4.78 is 16.0. The minimum atomic E-state index is 0.500. The number of hydrogen-bond donors (Lipinski definition) is 2. The van der Waals surface area contributed by atoms with Crippen LogP contribution in [0.3, 0.4) is 0 Å². The lowest BCUT2D eigenvalue weighted by Crippen LogP contribution is -1.93. The molecule has 6 aromatic carbocycles. The SMILES string of the molecule is C1=CCC=C1.CC(C)(C)C.CC(C)(C)C.CC(C)(C)C.CC(C)(C)C.CC(C)(C)C.CC(C)(C)C.CC(C)(C)C.CC(C)(C)C.CC(C)(C)C.CC(C)(C)C.c1ccc2[nH]ccc2c1.c1ccc2c[nH]cc2c1.c1ccc2cocc2c1.c1ccc2cscc2c1.c1ccc2occc2c1.c1ccc2sccc2c1.c1ccncc1.c1ccoc1.c1ccsc1. The number of nitrogens with zero attached hydrogens (tertiary/aromatic N) is 1. The fourth-order valence-corrected chi connectivity index (χ4v) is 8.81. The molecule has 1 aliphatic carbocycles. The standard InChI is InChI=1S/2C8H7N.2C8H6O.2C8H6S.C5H5N.C5H6.10C5H12.C4H4O.C4H4S/c1-2-4-8-6-9-5-7(8)3-1;1-2-4-8-7(3-1)5-6-9-8;1-2-4-8-6-9-5-7(8)3-1;1-2-4-8-7(3-1)5-6-9-8;1-2-4-8-6-9-5-7(8)3-1;1-2-4-8-7(3-1)5-6-9-8;1-2-4-6-5-3-1;1-2-4-5-3-1;10*1-5(2,3)4;2*1-2-4-5-3-1/h2*1-6,9H;4*1-6H;1-5H;1-4H,5H2;10*1-4H3;2*1-4H. The van der Waals surface area contributed by atoms with Crippen LogP contribution < -0.4 is 0 Å². The van der Waals surface area contributed by atoms with Gasteiger partial charge in [-0.25, -0.2) is 0 Å². The van der Waals surface area contributed by atoms with Gasteiger partial charge in [0.1, 0.15) is 5.58 Å². The molecule has 9 aromatic heterocycles. The summed E-state index contributed by atoms with van der Waals surface area (Å²) >= 11 is 5.25. The minimum Gasteiger partial charge on any atom is -0.473 e. The van der Waals surface area contributed by atoms with Crippen molar-refractivity contribution in [3.05, 3.63) is 320 Å². The molecule has 0 atom stereocenters. The van der Waals surface area contributed by atoms with Gasteiger partial charge in [-0.15, -0.1) is 11.3 Å². The van der Waals surface area contributed by atoms with E-state index < -0.39 is 0 Å². The van der Waals surface area contributed by atoms with Crippen molar-refractivity contribution in [1.82, 2.24) is 15.0 Å². The van der Waals surface area contributed by atoms with Gasteiger partial charge in [0.05, 0.1) is 31.3 Å². The molecule has 2 N–H and O–H groups in total. The second-order valence-electron chi connectivity index (χ2n) is 45.8. The normalized spacial score (nSPS) is 10.9. The maximum atomic E-state index is 5.12. The average Bonchev–Trinajstić information content (AvgIpc) is 1.78. The van der Waals surface area contributed by atoms with Gasteiger partial charge in [0.2, 0.25) is 0 Å². The lowest BCUT2D eigenvalue weighted by molar-refractivity contribution is 0.469. The lowest BCUT2D eigenvalue weighted by Gasteiger charge is -2.05. The van der Waals surface area contributed by atoms with E-state index in [1.807, 2.05) is 151 Å². The zero-order valence-corrected chi connectivity index (χ0v) is 88.7. The number of aromatic nitrogens is 3. The van der Waals surface area contributed by atoms with Gasteiger partial charge in [0, 0.05) is 57.4 Å². The second-order valence-corrected chi connectivity index (χ2v) is 48.3. The predicted octanol–water partition coefficient (Wildman–Crippen LogP) is 41.1. The first-order valence-corrected chi connectivity index (χ1v) is 46.9. The number of furan rings is 3. The van der Waals surface area contributed by atoms with Gasteiger partial charge in [0.25, 0.3) is 0 Å². The Bertz CT molecular complexity index is 3810. The summed E-state index contributed by atoms with van der Waals surface area (Å²) in [7, 11) is 0. The van der Waals surface area contributed by atoms with E-state index in [2.05, 4.69) is 422 Å². The Hall–Kier alpha value is -8.99. The van der Waals surface area contributed by atoms with Crippen LogP contribution in [-0.2, 0) is 0 Å². The van der Waals surface area contributed by atoms with Crippen LogP contribution in [0.1, 0.15) is 283 Å². The highest BCUT2D eigenvalue weighted by atomic mass is 32.1. The average molecular weight is 1760 g/mol. The van der Waals surface area contributed by atoms with Crippen molar-refractivity contribution in [3.63, 3.8) is 0 Å². The quantitative estimate of drug-likeness (QED) is 0.158. The summed E-state index contributed by atoms with van der Waals surface area (Å²) in [5, 5.41) is 21.9. The zero-order chi connectivity index (χ0) is 96.5. The molecule has 0 radical (unpaired) electrons. The Morgan fingerprint density at radius 1 is 0.272 bits per heavy atom. The van der Waals surface area contributed by atoms with Crippen molar-refractivity contribution < 1.29 is 13.3 Å². The molecule has 0 bridgehead atoms. The highest BCUT2D eigenvalue weighted by molar-refractivity contribution is 7.17. The van der Waals surface area contributed by atoms with E-state index in [4.69, 9.17) is 8.83 Å². The molecule has 0 aliphatic heterocycles. The first kappa shape index (κ1) is 122. The molecule has 125 heavy (non-hydrogen) atoms. The number of nitrogens with one attached hydrogen (secondary N) is 2. The van der Waals surface area contributed by atoms with Crippen LogP contribution in [0.2, 0.25) is 0 Å². The van der Waals surface area contributed by atoms with Crippen molar-refractivity contribution in [3.8, 4) is 0 Å². The van der Waals surface area contributed by atoms with Gasteiger partial charge in [0.15, 0.2) is 0 Å². The molecule has 0 saturated heterocycles. The molecule has 0 fully saturated rings. The van der Waals surface area contributed by atoms with Crippen LogP contribution in [0.25, 0.3) is 64.3 Å². The topological polar surface area (TPSA) is 83.9 Å². The van der Waals surface area contributed by atoms with Gasteiger partial charge < -0.3 is 23.2 Å². The molecule has 9 heterocycles. The van der Waals surface area contributed by atoms with E-state index in [0.717, 1.165) is 28.2 Å². The van der Waals surface area contributed by atoms with E-state index in [-0.39, 0.29) is 0 Å². The highest BCUT2D eigenvalue weighted by Crippen LogP contribution is 2.22. The van der Waals surface area contributed by atoms with E-state index >= 15 is 0 Å². The van der Waals surface area contributed by atoms with E-state index in [1.54, 1.807) is 77.7 Å². The van der Waals surface area contributed by atoms with E-state index in [9.17, 15) is 0 Å². The largest absolute Gasteiger partial charge is 0.473 e. The Morgan fingerprint density at radius 2 is 0.608 bits per heavy atom. The number of H-pyrrole nitrogens is 2. The van der Waals surface area contributed by atoms with Gasteiger partial charge in [-0.05, 0) is 180 Å². The fraction of sp³-hybridized carbons (Fsp3) is 0.440. The van der Waals surface area contributed by atoms with Crippen LogP contribution in [-0.4, -0.2) is 15.0 Å². The van der Waals surface area contributed by atoms with E-state index in [1.165, 1.54) is 42.5 Å². The molecular weight excluding hydrogens is 1580 g/mol. The molecule has 15 aromatic rings. The van der Waals surface area contributed by atoms with Gasteiger partial charge >= 0.3 is 0 Å². The summed E-state index contributed by atoms with van der Waals surface area (Å²) in [6.45, 7) is 87.5. The molecule has 16 rings (SSSR count). The van der Waals surface area contributed by atoms with Gasteiger partial charge in [-0.3, -0.25) is 4.98 Å². The summed E-state index contributed by atoms with van der Waals surface area (Å²) in [5.41, 5.74) is 7.16.